The first-order chi connectivity index (χ1) is 15.0. The topological polar surface area (TPSA) is 78.3 Å². The average Bonchev–Trinajstić information content (AvgIpc) is 3.17. The number of carbonyl (C=O) groups is 1. The molecule has 7 nitrogen and oxygen atoms in total. The van der Waals surface area contributed by atoms with Crippen molar-refractivity contribution in [1.82, 2.24) is 14.8 Å². The van der Waals surface area contributed by atoms with Crippen LogP contribution < -0.4 is 14.8 Å². The summed E-state index contributed by atoms with van der Waals surface area (Å²) in [6.45, 7) is 4.26. The van der Waals surface area contributed by atoms with Gasteiger partial charge in [-0.3, -0.25) is 9.36 Å². The molecular formula is C21H20Cl2N4O3S. The highest BCUT2D eigenvalue weighted by molar-refractivity contribution is 7.99. The Bertz CT molecular complexity index is 1100. The van der Waals surface area contributed by atoms with E-state index < -0.39 is 0 Å². The largest absolute Gasteiger partial charge is 0.497 e. The van der Waals surface area contributed by atoms with E-state index in [0.717, 1.165) is 5.56 Å². The van der Waals surface area contributed by atoms with Gasteiger partial charge in [-0.2, -0.15) is 0 Å². The van der Waals surface area contributed by atoms with Crippen molar-refractivity contribution in [1.29, 1.82) is 0 Å². The lowest BCUT2D eigenvalue weighted by Gasteiger charge is -2.12. The fourth-order valence-corrected chi connectivity index (χ4v) is 3.81. The number of amides is 1. The summed E-state index contributed by atoms with van der Waals surface area (Å²) in [5.41, 5.74) is 1.29. The number of halogens is 2. The van der Waals surface area contributed by atoms with E-state index in [2.05, 4.69) is 22.1 Å². The lowest BCUT2D eigenvalue weighted by atomic mass is 10.2. The molecule has 0 spiro atoms. The van der Waals surface area contributed by atoms with Crippen LogP contribution in [0.3, 0.4) is 0 Å². The summed E-state index contributed by atoms with van der Waals surface area (Å²) in [6, 6.07) is 10.4. The third-order valence-corrected chi connectivity index (χ3v) is 5.93. The van der Waals surface area contributed by atoms with Crippen LogP contribution in [-0.2, 0) is 11.3 Å². The number of aromatic nitrogens is 3. The number of hydrogen-bond acceptors (Lipinski definition) is 6. The average molecular weight is 479 g/mol. The van der Waals surface area contributed by atoms with E-state index in [1.165, 1.54) is 18.9 Å². The third-order valence-electron chi connectivity index (χ3n) is 4.22. The second kappa shape index (κ2) is 10.6. The predicted molar refractivity (Wildman–Crippen MR) is 125 cm³/mol. The number of methoxy groups -OCH3 is 2. The first-order valence-corrected chi connectivity index (χ1v) is 10.8. The number of thioether (sulfide) groups is 1. The number of nitrogens with one attached hydrogen (secondary N) is 1. The Morgan fingerprint density at radius 1 is 1.16 bits per heavy atom. The molecule has 0 aliphatic heterocycles. The van der Waals surface area contributed by atoms with Crippen molar-refractivity contribution in [2.75, 3.05) is 25.3 Å². The van der Waals surface area contributed by atoms with Crippen LogP contribution in [0.25, 0.3) is 11.4 Å². The summed E-state index contributed by atoms with van der Waals surface area (Å²) in [6.07, 6.45) is 1.73. The van der Waals surface area contributed by atoms with Gasteiger partial charge in [-0.1, -0.05) is 41.0 Å². The molecule has 0 aliphatic carbocycles. The van der Waals surface area contributed by atoms with Gasteiger partial charge in [0.2, 0.25) is 5.91 Å². The van der Waals surface area contributed by atoms with Crippen molar-refractivity contribution in [2.24, 2.45) is 0 Å². The van der Waals surface area contributed by atoms with Crippen molar-refractivity contribution in [3.8, 4) is 22.9 Å². The van der Waals surface area contributed by atoms with Crippen molar-refractivity contribution < 1.29 is 14.3 Å². The minimum absolute atomic E-state index is 0.122. The van der Waals surface area contributed by atoms with Gasteiger partial charge < -0.3 is 14.8 Å². The smallest absolute Gasteiger partial charge is 0.234 e. The van der Waals surface area contributed by atoms with Gasteiger partial charge in [-0.05, 0) is 30.3 Å². The minimum atomic E-state index is -0.221. The Labute approximate surface area is 194 Å². The van der Waals surface area contributed by atoms with E-state index in [1.54, 1.807) is 43.5 Å². The zero-order valence-corrected chi connectivity index (χ0v) is 19.2. The van der Waals surface area contributed by atoms with Crippen LogP contribution in [0, 0.1) is 0 Å². The molecule has 31 heavy (non-hydrogen) atoms. The van der Waals surface area contributed by atoms with Gasteiger partial charge in [0.1, 0.15) is 11.5 Å². The predicted octanol–water partition coefficient (Wildman–Crippen LogP) is 5.19. The van der Waals surface area contributed by atoms with E-state index in [4.69, 9.17) is 32.7 Å². The van der Waals surface area contributed by atoms with E-state index in [-0.39, 0.29) is 11.7 Å². The molecule has 3 aromatic rings. The second-order valence-corrected chi connectivity index (χ2v) is 7.99. The number of benzene rings is 2. The number of allylic oxidation sites excluding steroid dienone is 1. The van der Waals surface area contributed by atoms with Gasteiger partial charge in [0, 0.05) is 18.2 Å². The van der Waals surface area contributed by atoms with Crippen LogP contribution in [0.15, 0.2) is 54.2 Å². The molecular weight excluding hydrogens is 459 g/mol. The van der Waals surface area contributed by atoms with Gasteiger partial charge in [-0.15, -0.1) is 16.8 Å². The standard InChI is InChI=1S/C21H20Cl2N4O3S/c1-4-9-27-20(13-5-7-15(22)16(23)10-13)25-26-21(27)31-12-19(28)24-17-11-14(29-2)6-8-18(17)30-3/h4-8,10-11H,1,9,12H2,2-3H3,(H,24,28). The molecule has 1 aromatic heterocycles. The zero-order chi connectivity index (χ0) is 22.4. The van der Waals surface area contributed by atoms with Crippen LogP contribution >= 0.6 is 35.0 Å². The number of hydrogen-bond donors (Lipinski definition) is 1. The molecule has 10 heteroatoms. The molecule has 0 fully saturated rings. The Morgan fingerprint density at radius 2 is 1.97 bits per heavy atom. The number of carbonyl (C=O) groups excluding carboxylic acids is 1. The summed E-state index contributed by atoms with van der Waals surface area (Å²) in [4.78, 5) is 12.5. The number of nitrogens with zero attached hydrogens (tertiary/aromatic N) is 3. The van der Waals surface area contributed by atoms with E-state index in [9.17, 15) is 4.79 Å². The first-order valence-electron chi connectivity index (χ1n) is 9.11. The molecule has 0 aliphatic rings. The van der Waals surface area contributed by atoms with Gasteiger partial charge in [-0.25, -0.2) is 0 Å². The SMILES string of the molecule is C=CCn1c(SCC(=O)Nc2cc(OC)ccc2OC)nnc1-c1ccc(Cl)c(Cl)c1. The monoisotopic (exact) mass is 478 g/mol. The second-order valence-electron chi connectivity index (χ2n) is 6.24. The van der Waals surface area contributed by atoms with Crippen molar-refractivity contribution in [3.63, 3.8) is 0 Å². The van der Waals surface area contributed by atoms with Crippen LogP contribution in [0.2, 0.25) is 10.0 Å². The number of ether oxygens (including phenoxy) is 2. The Kier molecular flexibility index (Phi) is 7.84. The Balaban J connectivity index is 1.76. The summed E-state index contributed by atoms with van der Waals surface area (Å²) >= 11 is 13.4. The van der Waals surface area contributed by atoms with Crippen molar-refractivity contribution in [3.05, 3.63) is 59.1 Å². The quantitative estimate of drug-likeness (QED) is 0.336. The fraction of sp³-hybridized carbons (Fsp3) is 0.190. The molecule has 2 aromatic carbocycles. The zero-order valence-electron chi connectivity index (χ0n) is 16.9. The number of rotatable bonds is 9. The van der Waals surface area contributed by atoms with Crippen molar-refractivity contribution in [2.45, 2.75) is 11.7 Å². The highest BCUT2D eigenvalue weighted by Crippen LogP contribution is 2.31. The molecule has 1 heterocycles. The van der Waals surface area contributed by atoms with E-state index >= 15 is 0 Å². The van der Waals surface area contributed by atoms with Crippen LogP contribution in [0.5, 0.6) is 11.5 Å². The summed E-state index contributed by atoms with van der Waals surface area (Å²) < 4.78 is 12.4. The highest BCUT2D eigenvalue weighted by atomic mass is 35.5. The number of anilines is 1. The van der Waals surface area contributed by atoms with Gasteiger partial charge >= 0.3 is 0 Å². The molecule has 0 saturated heterocycles. The molecule has 0 atom stereocenters. The maximum absolute atomic E-state index is 12.5. The van der Waals surface area contributed by atoms with Crippen LogP contribution in [0.4, 0.5) is 5.69 Å². The molecule has 0 radical (unpaired) electrons. The van der Waals surface area contributed by atoms with Gasteiger partial charge in [0.05, 0.1) is 35.7 Å². The third kappa shape index (κ3) is 5.52. The normalized spacial score (nSPS) is 10.6. The minimum Gasteiger partial charge on any atom is -0.497 e. The maximum atomic E-state index is 12.5. The van der Waals surface area contributed by atoms with Gasteiger partial charge in [0.25, 0.3) is 0 Å². The van der Waals surface area contributed by atoms with Crippen LogP contribution in [0.1, 0.15) is 0 Å². The highest BCUT2D eigenvalue weighted by Gasteiger charge is 2.17. The Hall–Kier alpha value is -2.68. The summed E-state index contributed by atoms with van der Waals surface area (Å²) in [7, 11) is 3.09. The lowest BCUT2D eigenvalue weighted by molar-refractivity contribution is -0.113. The van der Waals surface area contributed by atoms with E-state index in [1.807, 2.05) is 10.6 Å². The van der Waals surface area contributed by atoms with Crippen LogP contribution in [-0.4, -0.2) is 40.6 Å². The molecule has 0 bridgehead atoms. The van der Waals surface area contributed by atoms with Gasteiger partial charge in [0.15, 0.2) is 11.0 Å². The molecule has 0 unspecified atom stereocenters. The molecule has 162 valence electrons. The molecule has 0 saturated carbocycles. The molecule has 3 rings (SSSR count). The van der Waals surface area contributed by atoms with E-state index in [0.29, 0.717) is 44.8 Å². The van der Waals surface area contributed by atoms with Crippen molar-refractivity contribution >= 4 is 46.6 Å². The molecule has 1 N–H and O–H groups in total. The summed E-state index contributed by atoms with van der Waals surface area (Å²) in [5.74, 6) is 1.66. The maximum Gasteiger partial charge on any atom is 0.234 e. The fourth-order valence-electron chi connectivity index (χ4n) is 2.77. The Morgan fingerprint density at radius 3 is 2.65 bits per heavy atom. The molecule has 1 amide bonds. The summed E-state index contributed by atoms with van der Waals surface area (Å²) in [5, 5.41) is 12.8. The first kappa shape index (κ1) is 23.0. The lowest BCUT2D eigenvalue weighted by Crippen LogP contribution is -2.15.